The molecule has 18 nitrogen and oxygen atoms in total. The summed E-state index contributed by atoms with van der Waals surface area (Å²) in [6.07, 6.45) is 0. The van der Waals surface area contributed by atoms with Crippen LogP contribution in [-0.4, -0.2) is 71.9 Å². The number of halogens is 3. The van der Waals surface area contributed by atoms with Gasteiger partial charge >= 0.3 is 0 Å². The molecule has 0 aliphatic heterocycles. The van der Waals surface area contributed by atoms with Gasteiger partial charge in [-0.05, 0) is 70.5 Å². The Hall–Kier alpha value is -4.14. The van der Waals surface area contributed by atoms with Gasteiger partial charge in [0.25, 0.3) is 42.2 Å². The van der Waals surface area contributed by atoms with Gasteiger partial charge < -0.3 is 21.1 Å². The van der Waals surface area contributed by atoms with Crippen molar-refractivity contribution in [1.82, 2.24) is 0 Å². The summed E-state index contributed by atoms with van der Waals surface area (Å²) in [4.78, 5) is 34.0. The molecule has 24 heteroatoms. The van der Waals surface area contributed by atoms with E-state index in [1.165, 1.54) is 24.3 Å². The van der Waals surface area contributed by atoms with Crippen LogP contribution >= 0.6 is 47.8 Å². The normalized spacial score (nSPS) is 12.7. The average molecular weight is 984 g/mol. The molecule has 1 atom stereocenters. The van der Waals surface area contributed by atoms with Crippen LogP contribution in [0.5, 0.6) is 5.75 Å². The first-order valence-electron chi connectivity index (χ1n) is 13.9. The van der Waals surface area contributed by atoms with E-state index in [2.05, 4.69) is 80.5 Å². The number of azo groups is 1. The fourth-order valence-electron chi connectivity index (χ4n) is 4.47. The summed E-state index contributed by atoms with van der Waals surface area (Å²) in [5, 5.41) is 24.9. The summed E-state index contributed by atoms with van der Waals surface area (Å²) in [5.74, 6) is -3.39. The van der Waals surface area contributed by atoms with Crippen molar-refractivity contribution in [2.45, 2.75) is 19.5 Å². The van der Waals surface area contributed by atoms with E-state index in [-0.39, 0.29) is 26.8 Å². The third-order valence-corrected chi connectivity index (χ3v) is 12.1. The Labute approximate surface area is 325 Å². The van der Waals surface area contributed by atoms with Gasteiger partial charge in [-0.15, -0.1) is 10.2 Å². The molecule has 0 aliphatic carbocycles. The summed E-state index contributed by atoms with van der Waals surface area (Å²) < 4.78 is 104. The maximum Gasteiger partial charge on any atom is 0.296 e. The Kier molecular flexibility index (Phi) is 12.6. The number of phenolic OH excluding ortho intramolecular Hbond substituents is 1. The molecule has 0 bridgehead atoms. The van der Waals surface area contributed by atoms with E-state index in [4.69, 9.17) is 0 Å². The Bertz CT molecular complexity index is 2590. The van der Waals surface area contributed by atoms with E-state index in [0.717, 1.165) is 30.3 Å². The zero-order chi connectivity index (χ0) is 39.6. The largest absolute Gasteiger partial charge is 0.505 e. The van der Waals surface area contributed by atoms with Crippen molar-refractivity contribution < 1.29 is 58.4 Å². The molecule has 0 saturated heterocycles. The quantitative estimate of drug-likeness (QED) is 0.0377. The molecule has 4 rings (SSSR count). The first-order chi connectivity index (χ1) is 24.5. The molecular weight excluding hydrogens is 962 g/mol. The number of rotatable bonds is 12. The minimum atomic E-state index is -5.45. The maximum atomic E-state index is 13.4. The molecule has 7 N–H and O–H groups in total. The number of carbonyl (C=O) groups is 3. The lowest BCUT2D eigenvalue weighted by Crippen LogP contribution is -2.24. The highest BCUT2D eigenvalue weighted by molar-refractivity contribution is 9.12. The van der Waals surface area contributed by atoms with Crippen molar-refractivity contribution in [2.24, 2.45) is 10.2 Å². The van der Waals surface area contributed by atoms with Crippen molar-refractivity contribution in [3.8, 4) is 5.75 Å². The second-order valence-electron chi connectivity index (χ2n) is 10.4. The monoisotopic (exact) mass is 981 g/mol. The van der Waals surface area contributed by atoms with Gasteiger partial charge in [0.05, 0.1) is 15.6 Å². The topological polar surface area (TPSA) is 295 Å². The number of amides is 3. The third-order valence-electron chi connectivity index (χ3n) is 6.79. The Balaban J connectivity index is 1.95. The molecule has 4 aromatic carbocycles. The van der Waals surface area contributed by atoms with Gasteiger partial charge in [-0.25, -0.2) is 0 Å². The Morgan fingerprint density at radius 1 is 0.774 bits per heavy atom. The Morgan fingerprint density at radius 3 is 1.96 bits per heavy atom. The SMILES string of the molecule is C=C(Br)C(=O)Nc1ccc(S(=O)(=O)O)c(N=Nc2c(S(=O)(=O)O)cc3c(S(=O)(=O)O)ccc(NC(=O)c4cccc(NC(=O)C(Br)CBr)c4)c3c2O)c1. The highest BCUT2D eigenvalue weighted by Crippen LogP contribution is 2.46. The molecule has 1 unspecified atom stereocenters. The molecule has 53 heavy (non-hydrogen) atoms. The van der Waals surface area contributed by atoms with E-state index < -0.39 is 101 Å². The summed E-state index contributed by atoms with van der Waals surface area (Å²) in [6.45, 7) is 3.38. The zero-order valence-corrected chi connectivity index (χ0v) is 33.2. The summed E-state index contributed by atoms with van der Waals surface area (Å²) in [7, 11) is -15.7. The first kappa shape index (κ1) is 41.6. The number of aromatic hydroxyl groups is 1. The fourth-order valence-corrected chi connectivity index (χ4v) is 6.91. The summed E-state index contributed by atoms with van der Waals surface area (Å²) >= 11 is 9.18. The van der Waals surface area contributed by atoms with Crippen LogP contribution in [0, 0.1) is 0 Å². The molecule has 0 aromatic heterocycles. The molecule has 0 aliphatic rings. The van der Waals surface area contributed by atoms with Gasteiger partial charge in [0.15, 0.2) is 5.75 Å². The molecule has 3 amide bonds. The van der Waals surface area contributed by atoms with Crippen molar-refractivity contribution in [3.05, 3.63) is 77.3 Å². The number of nitrogens with zero attached hydrogens (tertiary/aromatic N) is 2. The molecule has 0 fully saturated rings. The summed E-state index contributed by atoms with van der Waals surface area (Å²) in [5.41, 5.74) is -2.26. The number of fused-ring (bicyclic) bond motifs is 1. The Morgan fingerprint density at radius 2 is 1.38 bits per heavy atom. The van der Waals surface area contributed by atoms with Gasteiger partial charge in [0.1, 0.15) is 30.9 Å². The van der Waals surface area contributed by atoms with Crippen LogP contribution in [0.25, 0.3) is 10.8 Å². The number of carbonyl (C=O) groups excluding carboxylic acids is 3. The van der Waals surface area contributed by atoms with Gasteiger partial charge in [-0.1, -0.05) is 44.5 Å². The van der Waals surface area contributed by atoms with Crippen molar-refractivity contribution in [3.63, 3.8) is 0 Å². The van der Waals surface area contributed by atoms with E-state index in [1.807, 2.05) is 0 Å². The minimum absolute atomic E-state index is 0.0677. The molecule has 0 spiro atoms. The van der Waals surface area contributed by atoms with Gasteiger partial charge in [-0.3, -0.25) is 28.0 Å². The first-order valence-corrected chi connectivity index (χ1v) is 21.1. The number of phenols is 1. The van der Waals surface area contributed by atoms with Gasteiger partial charge in [-0.2, -0.15) is 25.3 Å². The number of benzene rings is 4. The van der Waals surface area contributed by atoms with E-state index in [0.29, 0.717) is 6.07 Å². The number of nitrogens with one attached hydrogen (secondary N) is 3. The predicted molar refractivity (Wildman–Crippen MR) is 202 cm³/mol. The molecule has 280 valence electrons. The molecule has 0 saturated carbocycles. The van der Waals surface area contributed by atoms with Crippen LogP contribution in [0.3, 0.4) is 0 Å². The number of hydrogen-bond donors (Lipinski definition) is 7. The smallest absolute Gasteiger partial charge is 0.296 e. The standard InChI is InChI=1S/C29H22Br3N5O13S3/c1-13(31)27(39)33-16-5-7-22(52(45,46)47)20(10-16)36-37-25-23(53(48,49)50)11-17-21(51(42,43)44)8-6-19(24(17)26(25)38)35-28(40)14-3-2-4-15(9-14)34-29(41)18(32)12-30/h2-11,18,38H,1,12H2,(H,33,39)(H,34,41)(H,35,40)(H,42,43,44)(H,45,46,47)(H,48,49,50). The highest BCUT2D eigenvalue weighted by atomic mass is 79.9. The zero-order valence-electron chi connectivity index (χ0n) is 26.0. The second-order valence-corrected chi connectivity index (χ2v) is 17.3. The van der Waals surface area contributed by atoms with Crippen LogP contribution in [0.4, 0.5) is 28.4 Å². The van der Waals surface area contributed by atoms with Gasteiger partial charge in [0, 0.05) is 27.7 Å². The molecule has 0 radical (unpaired) electrons. The van der Waals surface area contributed by atoms with E-state index in [9.17, 15) is 58.4 Å². The molecule has 0 heterocycles. The van der Waals surface area contributed by atoms with Crippen LogP contribution in [0.1, 0.15) is 10.4 Å². The highest BCUT2D eigenvalue weighted by Gasteiger charge is 2.28. The lowest BCUT2D eigenvalue weighted by atomic mass is 10.1. The third kappa shape index (κ3) is 9.89. The predicted octanol–water partition coefficient (Wildman–Crippen LogP) is 5.90. The van der Waals surface area contributed by atoms with Crippen LogP contribution in [0.15, 0.2) is 96.6 Å². The second kappa shape index (κ2) is 16.1. The van der Waals surface area contributed by atoms with Gasteiger partial charge in [0.2, 0.25) is 5.91 Å². The number of hydrogen-bond acceptors (Lipinski definition) is 12. The summed E-state index contributed by atoms with van der Waals surface area (Å²) in [6, 6.07) is 10.4. The van der Waals surface area contributed by atoms with E-state index in [1.54, 1.807) is 0 Å². The van der Waals surface area contributed by atoms with E-state index >= 15 is 0 Å². The lowest BCUT2D eigenvalue weighted by Gasteiger charge is -2.16. The van der Waals surface area contributed by atoms with Crippen molar-refractivity contribution in [2.75, 3.05) is 21.3 Å². The average Bonchev–Trinajstić information content (AvgIpc) is 3.05. The molecular formula is C29H22Br3N5O13S3. The van der Waals surface area contributed by atoms with Crippen molar-refractivity contribution in [1.29, 1.82) is 0 Å². The fraction of sp³-hybridized carbons (Fsp3) is 0.0690. The number of alkyl halides is 2. The van der Waals surface area contributed by atoms with Crippen LogP contribution in [0.2, 0.25) is 0 Å². The lowest BCUT2D eigenvalue weighted by molar-refractivity contribution is -0.115. The van der Waals surface area contributed by atoms with Crippen molar-refractivity contribution >= 4 is 135 Å². The maximum absolute atomic E-state index is 13.4. The minimum Gasteiger partial charge on any atom is -0.505 e. The van der Waals surface area contributed by atoms with Crippen LogP contribution < -0.4 is 16.0 Å². The van der Waals surface area contributed by atoms with Crippen LogP contribution in [-0.2, 0) is 39.9 Å². The molecule has 4 aromatic rings. The number of anilines is 3.